The summed E-state index contributed by atoms with van der Waals surface area (Å²) in [4.78, 5) is 28.4. The summed E-state index contributed by atoms with van der Waals surface area (Å²) >= 11 is 0. The first-order valence-electron chi connectivity index (χ1n) is 11.3. The molecule has 2 aromatic carbocycles. The van der Waals surface area contributed by atoms with Gasteiger partial charge in [-0.1, -0.05) is 56.2 Å². The van der Waals surface area contributed by atoms with E-state index in [1.165, 1.54) is 0 Å². The Bertz CT molecular complexity index is 872. The molecule has 5 nitrogen and oxygen atoms in total. The maximum absolute atomic E-state index is 13.5. The summed E-state index contributed by atoms with van der Waals surface area (Å²) in [7, 11) is 1.63. The van der Waals surface area contributed by atoms with Crippen LogP contribution >= 0.6 is 0 Å². The lowest BCUT2D eigenvalue weighted by molar-refractivity contribution is -0.141. The second kappa shape index (κ2) is 11.0. The molecule has 0 unspecified atom stereocenters. The third-order valence-corrected chi connectivity index (χ3v) is 6.20. The summed E-state index contributed by atoms with van der Waals surface area (Å²) in [6.07, 6.45) is 5.23. The van der Waals surface area contributed by atoms with Crippen LogP contribution in [0.1, 0.15) is 55.7 Å². The van der Waals surface area contributed by atoms with Crippen molar-refractivity contribution in [2.24, 2.45) is 0 Å². The number of methoxy groups -OCH3 is 1. The highest BCUT2D eigenvalue weighted by molar-refractivity contribution is 5.88. The summed E-state index contributed by atoms with van der Waals surface area (Å²) in [5.41, 5.74) is 3.06. The molecule has 2 aromatic rings. The zero-order chi connectivity index (χ0) is 22.2. The first-order valence-corrected chi connectivity index (χ1v) is 11.3. The summed E-state index contributed by atoms with van der Waals surface area (Å²) in [6, 6.07) is 15.4. The van der Waals surface area contributed by atoms with Gasteiger partial charge in [0.25, 0.3) is 0 Å². The van der Waals surface area contributed by atoms with Gasteiger partial charge in [0.1, 0.15) is 11.8 Å². The van der Waals surface area contributed by atoms with E-state index in [4.69, 9.17) is 4.74 Å². The fourth-order valence-electron chi connectivity index (χ4n) is 4.29. The molecule has 0 bridgehead atoms. The van der Waals surface area contributed by atoms with Gasteiger partial charge in [-0.25, -0.2) is 0 Å². The Morgan fingerprint density at radius 2 is 1.77 bits per heavy atom. The lowest BCUT2D eigenvalue weighted by atomic mass is 10.0. The molecule has 1 atom stereocenters. The zero-order valence-electron chi connectivity index (χ0n) is 18.9. The number of carbonyl (C=O) groups excluding carboxylic acids is 2. The predicted octanol–water partition coefficient (Wildman–Crippen LogP) is 4.41. The van der Waals surface area contributed by atoms with Crippen LogP contribution in [-0.2, 0) is 22.6 Å². The average Bonchev–Trinajstić information content (AvgIpc) is 3.28. The molecule has 3 rings (SSSR count). The van der Waals surface area contributed by atoms with Gasteiger partial charge in [0.2, 0.25) is 11.8 Å². The Morgan fingerprint density at radius 3 is 2.39 bits per heavy atom. The molecule has 1 saturated carbocycles. The van der Waals surface area contributed by atoms with Crippen molar-refractivity contribution in [1.29, 1.82) is 0 Å². The SMILES string of the molecule is CC[C@H](C(=O)NC1CCCC1)N(Cc1ccc(OC)cc1)C(=O)Cc1ccccc1C. The molecule has 1 fully saturated rings. The van der Waals surface area contributed by atoms with Crippen molar-refractivity contribution in [2.75, 3.05) is 7.11 Å². The van der Waals surface area contributed by atoms with Gasteiger partial charge in [0.15, 0.2) is 0 Å². The van der Waals surface area contributed by atoms with E-state index < -0.39 is 6.04 Å². The number of benzene rings is 2. The third kappa shape index (κ3) is 6.09. The fraction of sp³-hybridized carbons (Fsp3) is 0.462. The lowest BCUT2D eigenvalue weighted by Crippen LogP contribution is -2.51. The van der Waals surface area contributed by atoms with E-state index in [0.717, 1.165) is 48.1 Å². The normalized spacial score (nSPS) is 14.8. The van der Waals surface area contributed by atoms with Crippen LogP contribution in [0.2, 0.25) is 0 Å². The van der Waals surface area contributed by atoms with E-state index in [-0.39, 0.29) is 24.3 Å². The highest BCUT2D eigenvalue weighted by Crippen LogP contribution is 2.21. The Morgan fingerprint density at radius 1 is 1.10 bits per heavy atom. The van der Waals surface area contributed by atoms with Crippen molar-refractivity contribution in [3.05, 3.63) is 65.2 Å². The molecule has 0 saturated heterocycles. The molecule has 31 heavy (non-hydrogen) atoms. The molecule has 1 N–H and O–H groups in total. The number of nitrogens with zero attached hydrogens (tertiary/aromatic N) is 1. The Hall–Kier alpha value is -2.82. The van der Waals surface area contributed by atoms with Crippen LogP contribution in [0.5, 0.6) is 5.75 Å². The molecule has 0 heterocycles. The number of nitrogens with one attached hydrogen (secondary N) is 1. The number of hydrogen-bond donors (Lipinski definition) is 1. The van der Waals surface area contributed by atoms with E-state index in [1.807, 2.05) is 62.4 Å². The van der Waals surface area contributed by atoms with Crippen molar-refractivity contribution in [2.45, 2.75) is 71.0 Å². The monoisotopic (exact) mass is 422 g/mol. The molecule has 0 spiro atoms. The molecule has 0 aromatic heterocycles. The topological polar surface area (TPSA) is 58.6 Å². The van der Waals surface area contributed by atoms with Crippen molar-refractivity contribution in [3.63, 3.8) is 0 Å². The van der Waals surface area contributed by atoms with Crippen LogP contribution in [0.15, 0.2) is 48.5 Å². The van der Waals surface area contributed by atoms with Crippen molar-refractivity contribution in [1.82, 2.24) is 10.2 Å². The fourth-order valence-corrected chi connectivity index (χ4v) is 4.29. The second-order valence-electron chi connectivity index (χ2n) is 8.39. The number of aryl methyl sites for hydroxylation is 1. The minimum absolute atomic E-state index is 0.0291. The summed E-state index contributed by atoms with van der Waals surface area (Å²) in [5, 5.41) is 3.19. The van der Waals surface area contributed by atoms with Crippen molar-refractivity contribution in [3.8, 4) is 5.75 Å². The van der Waals surface area contributed by atoms with E-state index in [1.54, 1.807) is 12.0 Å². The van der Waals surface area contributed by atoms with Gasteiger partial charge in [-0.05, 0) is 55.0 Å². The first-order chi connectivity index (χ1) is 15.0. The number of hydrogen-bond acceptors (Lipinski definition) is 3. The number of ether oxygens (including phenoxy) is 1. The van der Waals surface area contributed by atoms with Crippen LogP contribution in [0.25, 0.3) is 0 Å². The van der Waals surface area contributed by atoms with Crippen LogP contribution in [0.3, 0.4) is 0 Å². The molecule has 2 amide bonds. The maximum Gasteiger partial charge on any atom is 0.243 e. The van der Waals surface area contributed by atoms with E-state index >= 15 is 0 Å². The first kappa shape index (κ1) is 22.9. The minimum atomic E-state index is -0.487. The van der Waals surface area contributed by atoms with Crippen LogP contribution in [-0.4, -0.2) is 35.9 Å². The van der Waals surface area contributed by atoms with Gasteiger partial charge in [-0.15, -0.1) is 0 Å². The van der Waals surface area contributed by atoms with E-state index in [9.17, 15) is 9.59 Å². The smallest absolute Gasteiger partial charge is 0.243 e. The molecular weight excluding hydrogens is 388 g/mol. The Balaban J connectivity index is 1.82. The Labute approximate surface area is 185 Å². The largest absolute Gasteiger partial charge is 0.497 e. The standard InChI is InChI=1S/C26H34N2O3/c1-4-24(26(30)27-22-11-7-8-12-22)28(18-20-13-15-23(31-3)16-14-20)25(29)17-21-10-6-5-9-19(21)2/h5-6,9-10,13-16,22,24H,4,7-8,11-12,17-18H2,1-3H3,(H,27,30)/t24-/m1/s1. The summed E-state index contributed by atoms with van der Waals surface area (Å²) < 4.78 is 5.25. The minimum Gasteiger partial charge on any atom is -0.497 e. The molecule has 0 aliphatic heterocycles. The number of amides is 2. The summed E-state index contributed by atoms with van der Waals surface area (Å²) in [5.74, 6) is 0.701. The maximum atomic E-state index is 13.5. The molecule has 5 heteroatoms. The van der Waals surface area contributed by atoms with E-state index in [2.05, 4.69) is 5.32 Å². The predicted molar refractivity (Wildman–Crippen MR) is 123 cm³/mol. The van der Waals surface area contributed by atoms with Crippen molar-refractivity contribution >= 4 is 11.8 Å². The lowest BCUT2D eigenvalue weighted by Gasteiger charge is -2.32. The van der Waals surface area contributed by atoms with Gasteiger partial charge >= 0.3 is 0 Å². The highest BCUT2D eigenvalue weighted by atomic mass is 16.5. The molecule has 166 valence electrons. The third-order valence-electron chi connectivity index (χ3n) is 6.20. The van der Waals surface area contributed by atoms with Gasteiger partial charge in [0, 0.05) is 12.6 Å². The summed E-state index contributed by atoms with van der Waals surface area (Å²) in [6.45, 7) is 4.38. The van der Waals surface area contributed by atoms with Crippen molar-refractivity contribution < 1.29 is 14.3 Å². The van der Waals surface area contributed by atoms with Gasteiger partial charge < -0.3 is 15.0 Å². The zero-order valence-corrected chi connectivity index (χ0v) is 18.9. The number of carbonyl (C=O) groups is 2. The molecule has 1 aliphatic rings. The van der Waals surface area contributed by atoms with E-state index in [0.29, 0.717) is 13.0 Å². The Kier molecular flexibility index (Phi) is 8.10. The van der Waals surface area contributed by atoms with Gasteiger partial charge in [0.05, 0.1) is 13.5 Å². The molecule has 0 radical (unpaired) electrons. The van der Waals surface area contributed by atoms with Crippen LogP contribution in [0, 0.1) is 6.92 Å². The molecular formula is C26H34N2O3. The molecule has 1 aliphatic carbocycles. The average molecular weight is 423 g/mol. The van der Waals surface area contributed by atoms with Gasteiger partial charge in [-0.3, -0.25) is 9.59 Å². The van der Waals surface area contributed by atoms with Crippen LogP contribution < -0.4 is 10.1 Å². The highest BCUT2D eigenvalue weighted by Gasteiger charge is 2.30. The second-order valence-corrected chi connectivity index (χ2v) is 8.39. The van der Waals surface area contributed by atoms with Gasteiger partial charge in [-0.2, -0.15) is 0 Å². The quantitative estimate of drug-likeness (QED) is 0.651. The number of rotatable bonds is 9. The van der Waals surface area contributed by atoms with Crippen LogP contribution in [0.4, 0.5) is 0 Å².